The lowest BCUT2D eigenvalue weighted by Crippen LogP contribution is -2.08. The Morgan fingerprint density at radius 1 is 1.17 bits per heavy atom. The van der Waals surface area contributed by atoms with Gasteiger partial charge in [0.15, 0.2) is 0 Å². The Labute approximate surface area is 124 Å². The van der Waals surface area contributed by atoms with Gasteiger partial charge >= 0.3 is 0 Å². The minimum absolute atomic E-state index is 0.242. The molecule has 2 aromatic rings. The van der Waals surface area contributed by atoms with Crippen LogP contribution >= 0.6 is 34.8 Å². The van der Waals surface area contributed by atoms with Crippen LogP contribution in [0.15, 0.2) is 42.5 Å². The number of nitrogens with two attached hydrogens (primary N) is 1. The largest absolute Gasteiger partial charge is 0.389 e. The van der Waals surface area contributed by atoms with E-state index in [0.29, 0.717) is 4.99 Å². The second-order valence-corrected chi connectivity index (χ2v) is 5.29. The molecule has 18 heavy (non-hydrogen) atoms. The predicted molar refractivity (Wildman–Crippen MR) is 84.7 cm³/mol. The van der Waals surface area contributed by atoms with Gasteiger partial charge < -0.3 is 11.1 Å². The van der Waals surface area contributed by atoms with E-state index in [4.69, 9.17) is 18.0 Å². The molecule has 0 heterocycles. The molecular weight excluding hydrogens is 362 g/mol. The van der Waals surface area contributed by atoms with Gasteiger partial charge in [0.05, 0.1) is 5.69 Å². The third-order valence-corrected chi connectivity index (χ3v) is 3.51. The number of benzene rings is 2. The number of rotatable bonds is 3. The standard InChI is InChI=1S/C13H10FIN2S/c14-9-3-6-12(11(15)7-9)17-10-4-1-8(2-5-10)13(16)18/h1-7,17H,(H2,16,18). The molecular formula is C13H10FIN2S. The van der Waals surface area contributed by atoms with Crippen LogP contribution in [-0.2, 0) is 0 Å². The highest BCUT2D eigenvalue weighted by molar-refractivity contribution is 14.1. The molecule has 5 heteroatoms. The van der Waals surface area contributed by atoms with Crippen molar-refractivity contribution in [3.63, 3.8) is 0 Å². The molecule has 0 amide bonds. The number of anilines is 2. The first-order valence-electron chi connectivity index (χ1n) is 5.18. The second-order valence-electron chi connectivity index (χ2n) is 3.69. The Kier molecular flexibility index (Phi) is 4.13. The van der Waals surface area contributed by atoms with Gasteiger partial charge in [-0.3, -0.25) is 0 Å². The summed E-state index contributed by atoms with van der Waals surface area (Å²) >= 11 is 6.97. The molecule has 0 bridgehead atoms. The predicted octanol–water partition coefficient (Wildman–Crippen LogP) is 3.81. The molecule has 0 atom stereocenters. The molecule has 0 aliphatic rings. The van der Waals surface area contributed by atoms with Crippen molar-refractivity contribution in [2.24, 2.45) is 5.73 Å². The molecule has 0 aliphatic heterocycles. The molecule has 2 aromatic carbocycles. The quantitative estimate of drug-likeness (QED) is 0.636. The van der Waals surface area contributed by atoms with E-state index >= 15 is 0 Å². The van der Waals surface area contributed by atoms with Crippen LogP contribution in [0.25, 0.3) is 0 Å². The summed E-state index contributed by atoms with van der Waals surface area (Å²) in [6, 6.07) is 12.1. The summed E-state index contributed by atoms with van der Waals surface area (Å²) in [5, 5.41) is 3.21. The lowest BCUT2D eigenvalue weighted by molar-refractivity contribution is 0.627. The average Bonchev–Trinajstić information content (AvgIpc) is 2.33. The molecule has 92 valence electrons. The van der Waals surface area contributed by atoms with Crippen molar-refractivity contribution < 1.29 is 4.39 Å². The Bertz CT molecular complexity index is 584. The zero-order chi connectivity index (χ0) is 13.1. The average molecular weight is 372 g/mol. The zero-order valence-electron chi connectivity index (χ0n) is 9.28. The summed E-state index contributed by atoms with van der Waals surface area (Å²) in [5.41, 5.74) is 8.11. The van der Waals surface area contributed by atoms with E-state index in [9.17, 15) is 4.39 Å². The molecule has 0 aromatic heterocycles. The van der Waals surface area contributed by atoms with Gasteiger partial charge in [-0.15, -0.1) is 0 Å². The van der Waals surface area contributed by atoms with Gasteiger partial charge in [-0.2, -0.15) is 0 Å². The van der Waals surface area contributed by atoms with Crippen LogP contribution in [0, 0.1) is 9.39 Å². The van der Waals surface area contributed by atoms with E-state index in [1.807, 2.05) is 24.3 Å². The highest BCUT2D eigenvalue weighted by Gasteiger charge is 2.02. The van der Waals surface area contributed by atoms with E-state index in [1.54, 1.807) is 6.07 Å². The van der Waals surface area contributed by atoms with E-state index < -0.39 is 0 Å². The summed E-state index contributed by atoms with van der Waals surface area (Å²) in [4.78, 5) is 0.373. The van der Waals surface area contributed by atoms with Crippen molar-refractivity contribution in [2.75, 3.05) is 5.32 Å². The van der Waals surface area contributed by atoms with Gasteiger partial charge in [0.1, 0.15) is 10.8 Å². The van der Waals surface area contributed by atoms with Crippen molar-refractivity contribution >= 4 is 51.2 Å². The van der Waals surface area contributed by atoms with Crippen LogP contribution in [-0.4, -0.2) is 4.99 Å². The van der Waals surface area contributed by atoms with E-state index in [0.717, 1.165) is 20.5 Å². The topological polar surface area (TPSA) is 38.0 Å². The SMILES string of the molecule is NC(=S)c1ccc(Nc2ccc(F)cc2I)cc1. The Balaban J connectivity index is 2.21. The van der Waals surface area contributed by atoms with Crippen LogP contribution in [0.2, 0.25) is 0 Å². The smallest absolute Gasteiger partial charge is 0.124 e. The minimum Gasteiger partial charge on any atom is -0.389 e. The van der Waals surface area contributed by atoms with Gasteiger partial charge in [-0.25, -0.2) is 4.39 Å². The van der Waals surface area contributed by atoms with E-state index in [1.165, 1.54) is 12.1 Å². The van der Waals surface area contributed by atoms with Crippen LogP contribution in [0.5, 0.6) is 0 Å². The normalized spacial score (nSPS) is 10.1. The first kappa shape index (κ1) is 13.2. The molecule has 0 aliphatic carbocycles. The minimum atomic E-state index is -0.242. The third-order valence-electron chi connectivity index (χ3n) is 2.38. The summed E-state index contributed by atoms with van der Waals surface area (Å²) in [6.07, 6.45) is 0. The molecule has 2 rings (SSSR count). The van der Waals surface area contributed by atoms with Crippen molar-refractivity contribution in [1.29, 1.82) is 0 Å². The molecule has 2 nitrogen and oxygen atoms in total. The van der Waals surface area contributed by atoms with Gasteiger partial charge in [0, 0.05) is 14.8 Å². The number of hydrogen-bond donors (Lipinski definition) is 2. The van der Waals surface area contributed by atoms with Crippen molar-refractivity contribution in [3.8, 4) is 0 Å². The molecule has 3 N–H and O–H groups in total. The molecule has 0 fully saturated rings. The lowest BCUT2D eigenvalue weighted by Gasteiger charge is -2.09. The van der Waals surface area contributed by atoms with Crippen LogP contribution in [0.1, 0.15) is 5.56 Å². The third kappa shape index (κ3) is 3.17. The highest BCUT2D eigenvalue weighted by Crippen LogP contribution is 2.23. The first-order valence-corrected chi connectivity index (χ1v) is 6.67. The summed E-state index contributed by atoms with van der Waals surface area (Å²) in [6.45, 7) is 0. The molecule has 0 radical (unpaired) electrons. The van der Waals surface area contributed by atoms with Crippen molar-refractivity contribution in [3.05, 3.63) is 57.4 Å². The van der Waals surface area contributed by atoms with Crippen LogP contribution in [0.4, 0.5) is 15.8 Å². The Hall–Kier alpha value is -1.21. The van der Waals surface area contributed by atoms with Gasteiger partial charge in [0.2, 0.25) is 0 Å². The fourth-order valence-corrected chi connectivity index (χ4v) is 2.21. The van der Waals surface area contributed by atoms with Crippen molar-refractivity contribution in [2.45, 2.75) is 0 Å². The summed E-state index contributed by atoms with van der Waals surface area (Å²) in [7, 11) is 0. The zero-order valence-corrected chi connectivity index (χ0v) is 12.3. The van der Waals surface area contributed by atoms with Crippen LogP contribution < -0.4 is 11.1 Å². The number of halogens is 2. The maximum absolute atomic E-state index is 13.0. The molecule has 0 saturated heterocycles. The Morgan fingerprint density at radius 2 is 1.83 bits per heavy atom. The maximum Gasteiger partial charge on any atom is 0.124 e. The highest BCUT2D eigenvalue weighted by atomic mass is 127. The Morgan fingerprint density at radius 3 is 2.39 bits per heavy atom. The van der Waals surface area contributed by atoms with Gasteiger partial charge in [-0.1, -0.05) is 12.2 Å². The van der Waals surface area contributed by atoms with Gasteiger partial charge in [0.25, 0.3) is 0 Å². The maximum atomic E-state index is 13.0. The summed E-state index contributed by atoms with van der Waals surface area (Å²) in [5.74, 6) is -0.242. The fraction of sp³-hybridized carbons (Fsp3) is 0. The van der Waals surface area contributed by atoms with Crippen LogP contribution in [0.3, 0.4) is 0 Å². The number of thiocarbonyl (C=S) groups is 1. The van der Waals surface area contributed by atoms with Crippen molar-refractivity contribution in [1.82, 2.24) is 0 Å². The summed E-state index contributed by atoms with van der Waals surface area (Å²) < 4.78 is 13.8. The fourth-order valence-electron chi connectivity index (χ4n) is 1.46. The number of nitrogens with one attached hydrogen (secondary N) is 1. The number of hydrogen-bond acceptors (Lipinski definition) is 2. The second kappa shape index (κ2) is 5.62. The van der Waals surface area contributed by atoms with Gasteiger partial charge in [-0.05, 0) is 65.1 Å². The molecule has 0 unspecified atom stereocenters. The first-order chi connectivity index (χ1) is 8.56. The monoisotopic (exact) mass is 372 g/mol. The molecule has 0 saturated carbocycles. The van der Waals surface area contributed by atoms with E-state index in [2.05, 4.69) is 27.9 Å². The molecule has 0 spiro atoms. The van der Waals surface area contributed by atoms with E-state index in [-0.39, 0.29) is 5.82 Å². The lowest BCUT2D eigenvalue weighted by atomic mass is 10.2.